The van der Waals surface area contributed by atoms with Gasteiger partial charge in [-0.25, -0.2) is 9.97 Å². The first-order chi connectivity index (χ1) is 19.5. The molecule has 1 aliphatic heterocycles. The second-order valence-corrected chi connectivity index (χ2v) is 11.8. The van der Waals surface area contributed by atoms with Crippen LogP contribution >= 0.6 is 11.3 Å². The van der Waals surface area contributed by atoms with Gasteiger partial charge in [0.1, 0.15) is 17.0 Å². The van der Waals surface area contributed by atoms with Crippen LogP contribution in [0.25, 0.3) is 21.1 Å². The molecule has 0 saturated carbocycles. The van der Waals surface area contributed by atoms with Crippen LogP contribution in [0.4, 0.5) is 11.5 Å². The SMILES string of the molecule is CC(C)N(C)CC=CC(=O)N1CCc2c(sc3ncnc(Nc4ccc5c(ccn5Cc5ccccc5)c4)c23)C1. The Morgan fingerprint density at radius 1 is 1.15 bits per heavy atom. The molecule has 1 aliphatic rings. The molecular formula is C32H34N6OS. The lowest BCUT2D eigenvalue weighted by Gasteiger charge is -2.26. The number of amides is 1. The number of benzene rings is 2. The van der Waals surface area contributed by atoms with Crippen molar-refractivity contribution in [3.63, 3.8) is 0 Å². The van der Waals surface area contributed by atoms with Gasteiger partial charge in [-0.05, 0) is 62.7 Å². The molecule has 0 spiro atoms. The minimum Gasteiger partial charge on any atom is -0.343 e. The standard InChI is InChI=1S/C32H34N6OS/c1-22(2)36(3)15-7-10-29(39)38-17-14-26-28(20-38)40-32-30(26)31(33-21-34-32)35-25-11-12-27-24(18-25)13-16-37(27)19-23-8-5-4-6-9-23/h4-13,16,18,21-22H,14-15,17,19-20H2,1-3H3,(H,33,34,35). The third-order valence-electron chi connectivity index (χ3n) is 7.71. The Bertz CT molecular complexity index is 1690. The van der Waals surface area contributed by atoms with E-state index >= 15 is 0 Å². The Morgan fingerprint density at radius 3 is 2.83 bits per heavy atom. The minimum absolute atomic E-state index is 0.0669. The first kappa shape index (κ1) is 26.2. The van der Waals surface area contributed by atoms with E-state index < -0.39 is 0 Å². The van der Waals surface area contributed by atoms with Gasteiger partial charge in [0.05, 0.1) is 11.9 Å². The molecule has 0 fully saturated rings. The average Bonchev–Trinajstić information content (AvgIpc) is 3.54. The largest absolute Gasteiger partial charge is 0.343 e. The summed E-state index contributed by atoms with van der Waals surface area (Å²) >= 11 is 1.66. The lowest BCUT2D eigenvalue weighted by atomic mass is 10.0. The van der Waals surface area contributed by atoms with E-state index in [1.807, 2.05) is 17.0 Å². The number of carbonyl (C=O) groups excluding carboxylic acids is 1. The monoisotopic (exact) mass is 550 g/mol. The minimum atomic E-state index is 0.0669. The molecule has 40 heavy (non-hydrogen) atoms. The van der Waals surface area contributed by atoms with E-state index in [1.165, 1.54) is 26.9 Å². The number of thiophene rings is 1. The van der Waals surface area contributed by atoms with E-state index in [0.29, 0.717) is 19.1 Å². The molecule has 1 N–H and O–H groups in total. The second kappa shape index (κ2) is 11.2. The molecule has 1 amide bonds. The number of rotatable bonds is 8. The lowest BCUT2D eigenvalue weighted by molar-refractivity contribution is -0.126. The van der Waals surface area contributed by atoms with Crippen LogP contribution in [0.2, 0.25) is 0 Å². The summed E-state index contributed by atoms with van der Waals surface area (Å²) in [5.74, 6) is 0.888. The molecule has 5 aromatic rings. The van der Waals surface area contributed by atoms with Gasteiger partial charge in [-0.1, -0.05) is 36.4 Å². The first-order valence-corrected chi connectivity index (χ1v) is 14.6. The van der Waals surface area contributed by atoms with Gasteiger partial charge in [-0.15, -0.1) is 11.3 Å². The van der Waals surface area contributed by atoms with Crippen LogP contribution < -0.4 is 5.32 Å². The van der Waals surface area contributed by atoms with Crippen molar-refractivity contribution in [2.75, 3.05) is 25.5 Å². The molecule has 7 nitrogen and oxygen atoms in total. The highest BCUT2D eigenvalue weighted by Gasteiger charge is 2.25. The molecule has 204 valence electrons. The average molecular weight is 551 g/mol. The van der Waals surface area contributed by atoms with Gasteiger partial charge in [-0.3, -0.25) is 4.79 Å². The van der Waals surface area contributed by atoms with E-state index in [1.54, 1.807) is 23.7 Å². The summed E-state index contributed by atoms with van der Waals surface area (Å²) in [5, 5.41) is 5.82. The number of likely N-dealkylation sites (N-methyl/N-ethyl adjacent to an activating group) is 1. The molecule has 0 aliphatic carbocycles. The van der Waals surface area contributed by atoms with Crippen LogP contribution in [-0.2, 0) is 24.3 Å². The lowest BCUT2D eigenvalue weighted by Crippen LogP contribution is -2.34. The number of carbonyl (C=O) groups is 1. The molecule has 3 aromatic heterocycles. The Labute approximate surface area is 238 Å². The van der Waals surface area contributed by atoms with Crippen molar-refractivity contribution >= 4 is 49.9 Å². The van der Waals surface area contributed by atoms with Crippen LogP contribution in [0.3, 0.4) is 0 Å². The summed E-state index contributed by atoms with van der Waals surface area (Å²) in [6.07, 6.45) is 8.24. The van der Waals surface area contributed by atoms with Gasteiger partial charge in [0.25, 0.3) is 0 Å². The highest BCUT2D eigenvalue weighted by atomic mass is 32.1. The topological polar surface area (TPSA) is 66.3 Å². The normalized spacial score (nSPS) is 13.7. The molecule has 0 atom stereocenters. The third-order valence-corrected chi connectivity index (χ3v) is 8.84. The van der Waals surface area contributed by atoms with Crippen molar-refractivity contribution in [1.29, 1.82) is 0 Å². The first-order valence-electron chi connectivity index (χ1n) is 13.8. The molecule has 0 unspecified atom stereocenters. The van der Waals surface area contributed by atoms with Crippen LogP contribution in [0.1, 0.15) is 29.9 Å². The molecular weight excluding hydrogens is 516 g/mol. The highest BCUT2D eigenvalue weighted by molar-refractivity contribution is 7.19. The number of nitrogens with one attached hydrogen (secondary N) is 1. The number of fused-ring (bicyclic) bond motifs is 4. The van der Waals surface area contributed by atoms with Crippen LogP contribution in [0, 0.1) is 0 Å². The molecule has 0 radical (unpaired) electrons. The second-order valence-electron chi connectivity index (χ2n) is 10.7. The third kappa shape index (κ3) is 5.37. The Kier molecular flexibility index (Phi) is 7.36. The predicted molar refractivity (Wildman–Crippen MR) is 164 cm³/mol. The maximum atomic E-state index is 12.9. The van der Waals surface area contributed by atoms with Gasteiger partial charge in [-0.2, -0.15) is 0 Å². The molecule has 6 rings (SSSR count). The van der Waals surface area contributed by atoms with Crippen molar-refractivity contribution in [3.8, 4) is 0 Å². The van der Waals surface area contributed by atoms with Crippen LogP contribution in [-0.4, -0.2) is 56.4 Å². The van der Waals surface area contributed by atoms with Crippen molar-refractivity contribution in [1.82, 2.24) is 24.3 Å². The predicted octanol–water partition coefficient (Wildman–Crippen LogP) is 6.22. The molecule has 0 bridgehead atoms. The summed E-state index contributed by atoms with van der Waals surface area (Å²) in [6, 6.07) is 19.6. The summed E-state index contributed by atoms with van der Waals surface area (Å²) < 4.78 is 2.28. The van der Waals surface area contributed by atoms with Gasteiger partial charge in [0.2, 0.25) is 5.91 Å². The van der Waals surface area contributed by atoms with Crippen molar-refractivity contribution in [3.05, 3.63) is 95.3 Å². The summed E-state index contributed by atoms with van der Waals surface area (Å²) in [6.45, 7) is 7.21. The Hall–Kier alpha value is -4.01. The maximum absolute atomic E-state index is 12.9. The van der Waals surface area contributed by atoms with Gasteiger partial charge in [0, 0.05) is 59.4 Å². The summed E-state index contributed by atoms with van der Waals surface area (Å²) in [5.41, 5.74) is 4.73. The number of hydrogen-bond donors (Lipinski definition) is 1. The van der Waals surface area contributed by atoms with E-state index in [2.05, 4.69) is 100 Å². The van der Waals surface area contributed by atoms with E-state index in [-0.39, 0.29) is 5.91 Å². The maximum Gasteiger partial charge on any atom is 0.246 e. The summed E-state index contributed by atoms with van der Waals surface area (Å²) in [7, 11) is 2.07. The molecule has 0 saturated heterocycles. The summed E-state index contributed by atoms with van der Waals surface area (Å²) in [4.78, 5) is 28.4. The zero-order valence-electron chi connectivity index (χ0n) is 23.2. The fourth-order valence-electron chi connectivity index (χ4n) is 5.18. The number of hydrogen-bond acceptors (Lipinski definition) is 6. The quantitative estimate of drug-likeness (QED) is 0.232. The highest BCUT2D eigenvalue weighted by Crippen LogP contribution is 2.38. The van der Waals surface area contributed by atoms with Gasteiger partial charge >= 0.3 is 0 Å². The fourth-order valence-corrected chi connectivity index (χ4v) is 6.38. The van der Waals surface area contributed by atoms with E-state index in [9.17, 15) is 4.79 Å². The molecule has 4 heterocycles. The van der Waals surface area contributed by atoms with Crippen molar-refractivity contribution < 1.29 is 4.79 Å². The number of nitrogens with zero attached hydrogens (tertiary/aromatic N) is 5. The zero-order chi connectivity index (χ0) is 27.6. The van der Waals surface area contributed by atoms with Gasteiger partial charge < -0.3 is 19.7 Å². The number of anilines is 2. The smallest absolute Gasteiger partial charge is 0.246 e. The van der Waals surface area contributed by atoms with Gasteiger partial charge in [0.15, 0.2) is 0 Å². The Morgan fingerprint density at radius 2 is 2.00 bits per heavy atom. The van der Waals surface area contributed by atoms with Crippen LogP contribution in [0.15, 0.2) is 79.3 Å². The zero-order valence-corrected chi connectivity index (χ0v) is 24.0. The van der Waals surface area contributed by atoms with Crippen LogP contribution in [0.5, 0.6) is 0 Å². The fraction of sp³-hybridized carbons (Fsp3) is 0.281. The Balaban J connectivity index is 1.20. The molecule has 2 aromatic carbocycles. The molecule has 8 heteroatoms. The number of aromatic nitrogens is 3. The van der Waals surface area contributed by atoms with Crippen molar-refractivity contribution in [2.24, 2.45) is 0 Å². The van der Waals surface area contributed by atoms with E-state index in [4.69, 9.17) is 0 Å². The van der Waals surface area contributed by atoms with Crippen molar-refractivity contribution in [2.45, 2.75) is 39.4 Å². The van der Waals surface area contributed by atoms with E-state index in [0.717, 1.165) is 41.2 Å².